The zero-order chi connectivity index (χ0) is 14.0. The van der Waals surface area contributed by atoms with Crippen molar-refractivity contribution in [1.82, 2.24) is 15.1 Å². The predicted molar refractivity (Wildman–Crippen MR) is 75.0 cm³/mol. The lowest BCUT2D eigenvalue weighted by Gasteiger charge is -2.06. The molecule has 2 rings (SSSR count). The summed E-state index contributed by atoms with van der Waals surface area (Å²) in [7, 11) is 1.86. The third kappa shape index (κ3) is 2.88. The van der Waals surface area contributed by atoms with Crippen LogP contribution in [0.25, 0.3) is 0 Å². The van der Waals surface area contributed by atoms with Gasteiger partial charge in [-0.25, -0.2) is 0 Å². The number of aryl methyl sites for hydroxylation is 1. The highest BCUT2D eigenvalue weighted by Gasteiger charge is 2.09. The van der Waals surface area contributed by atoms with E-state index in [2.05, 4.69) is 10.4 Å². The van der Waals surface area contributed by atoms with Gasteiger partial charge in [-0.3, -0.25) is 9.48 Å². The molecule has 19 heavy (non-hydrogen) atoms. The Labute approximate surface area is 116 Å². The minimum absolute atomic E-state index is 0.190. The van der Waals surface area contributed by atoms with E-state index in [0.717, 1.165) is 11.3 Å². The lowest BCUT2D eigenvalue weighted by atomic mass is 10.2. The lowest BCUT2D eigenvalue weighted by Crippen LogP contribution is -2.23. The maximum absolute atomic E-state index is 12.0. The minimum atomic E-state index is -0.190. The second-order valence-electron chi connectivity index (χ2n) is 4.30. The van der Waals surface area contributed by atoms with Gasteiger partial charge in [0, 0.05) is 30.4 Å². The summed E-state index contributed by atoms with van der Waals surface area (Å²) < 4.78 is 1.77. The zero-order valence-corrected chi connectivity index (χ0v) is 11.5. The molecule has 0 aliphatic carbocycles. The van der Waals surface area contributed by atoms with Crippen LogP contribution in [0.3, 0.4) is 0 Å². The number of hydrogen-bond acceptors (Lipinski definition) is 3. The van der Waals surface area contributed by atoms with E-state index in [1.807, 2.05) is 14.0 Å². The molecule has 0 atom stereocenters. The highest BCUT2D eigenvalue weighted by molar-refractivity contribution is 6.33. The summed E-state index contributed by atoms with van der Waals surface area (Å²) in [5.41, 5.74) is 8.56. The van der Waals surface area contributed by atoms with Gasteiger partial charge in [0.05, 0.1) is 16.9 Å². The van der Waals surface area contributed by atoms with Crippen LogP contribution in [0.1, 0.15) is 21.6 Å². The van der Waals surface area contributed by atoms with Crippen molar-refractivity contribution in [3.8, 4) is 0 Å². The number of carbonyl (C=O) groups is 1. The van der Waals surface area contributed by atoms with E-state index in [4.69, 9.17) is 17.3 Å². The number of nitrogen functional groups attached to an aromatic ring is 1. The molecule has 1 aromatic heterocycles. The lowest BCUT2D eigenvalue weighted by molar-refractivity contribution is 0.0951. The van der Waals surface area contributed by atoms with E-state index in [9.17, 15) is 4.79 Å². The maximum Gasteiger partial charge on any atom is 0.251 e. The number of nitrogens with one attached hydrogen (secondary N) is 1. The maximum atomic E-state index is 12.0. The first-order valence-electron chi connectivity index (χ1n) is 5.79. The van der Waals surface area contributed by atoms with Crippen molar-refractivity contribution < 1.29 is 4.79 Å². The molecule has 0 bridgehead atoms. The Bertz CT molecular complexity index is 621. The van der Waals surface area contributed by atoms with Crippen LogP contribution in [0, 0.1) is 6.92 Å². The normalized spacial score (nSPS) is 10.5. The summed E-state index contributed by atoms with van der Waals surface area (Å²) in [5.74, 6) is -0.190. The highest BCUT2D eigenvalue weighted by Crippen LogP contribution is 2.19. The Morgan fingerprint density at radius 2 is 2.26 bits per heavy atom. The van der Waals surface area contributed by atoms with Crippen LogP contribution < -0.4 is 11.1 Å². The van der Waals surface area contributed by atoms with Crippen LogP contribution in [0.15, 0.2) is 24.4 Å². The molecule has 0 unspecified atom stereocenters. The van der Waals surface area contributed by atoms with E-state index < -0.39 is 0 Å². The number of carbonyl (C=O) groups excluding carboxylic acids is 1. The standard InChI is InChI=1S/C13H15ClN4O/c1-8-10(7-17-18(8)2)6-16-13(19)9-3-4-12(15)11(14)5-9/h3-5,7H,6,15H2,1-2H3,(H,16,19). The molecule has 1 aromatic carbocycles. The van der Waals surface area contributed by atoms with Crippen LogP contribution in [0.4, 0.5) is 5.69 Å². The van der Waals surface area contributed by atoms with E-state index in [-0.39, 0.29) is 5.91 Å². The van der Waals surface area contributed by atoms with E-state index in [1.54, 1.807) is 29.1 Å². The number of halogens is 1. The fourth-order valence-corrected chi connectivity index (χ4v) is 1.84. The van der Waals surface area contributed by atoms with Crippen LogP contribution >= 0.6 is 11.6 Å². The molecule has 5 nitrogen and oxygen atoms in total. The third-order valence-corrected chi connectivity index (χ3v) is 3.37. The summed E-state index contributed by atoms with van der Waals surface area (Å²) >= 11 is 5.89. The molecule has 1 amide bonds. The molecule has 2 aromatic rings. The Kier molecular flexibility index (Phi) is 3.76. The quantitative estimate of drug-likeness (QED) is 0.842. The second kappa shape index (κ2) is 5.32. The molecule has 6 heteroatoms. The molecule has 0 fully saturated rings. The van der Waals surface area contributed by atoms with Gasteiger partial charge in [0.25, 0.3) is 5.91 Å². The van der Waals surface area contributed by atoms with Gasteiger partial charge in [0.2, 0.25) is 0 Å². The molecule has 0 aliphatic rings. The molecular formula is C13H15ClN4O. The number of rotatable bonds is 3. The van der Waals surface area contributed by atoms with Crippen LogP contribution in [0.2, 0.25) is 5.02 Å². The number of nitrogens with two attached hydrogens (primary N) is 1. The Morgan fingerprint density at radius 3 is 2.84 bits per heavy atom. The molecule has 100 valence electrons. The third-order valence-electron chi connectivity index (χ3n) is 3.04. The monoisotopic (exact) mass is 278 g/mol. The molecule has 3 N–H and O–H groups in total. The average Bonchev–Trinajstić information content (AvgIpc) is 2.70. The first-order chi connectivity index (χ1) is 8.99. The van der Waals surface area contributed by atoms with Crippen molar-refractivity contribution >= 4 is 23.2 Å². The van der Waals surface area contributed by atoms with Gasteiger partial charge in [-0.1, -0.05) is 11.6 Å². The zero-order valence-electron chi connectivity index (χ0n) is 10.8. The minimum Gasteiger partial charge on any atom is -0.398 e. The molecule has 0 radical (unpaired) electrons. The van der Waals surface area contributed by atoms with Gasteiger partial charge in [0.1, 0.15) is 0 Å². The molecule has 0 spiro atoms. The van der Waals surface area contributed by atoms with Crippen LogP contribution in [0.5, 0.6) is 0 Å². The average molecular weight is 279 g/mol. The molecule has 0 saturated heterocycles. The second-order valence-corrected chi connectivity index (χ2v) is 4.70. The molecule has 0 saturated carbocycles. The fraction of sp³-hybridized carbons (Fsp3) is 0.231. The number of aromatic nitrogens is 2. The SMILES string of the molecule is Cc1c(CNC(=O)c2ccc(N)c(Cl)c2)cnn1C. The predicted octanol–water partition coefficient (Wildman–Crippen LogP) is 1.89. The highest BCUT2D eigenvalue weighted by atomic mass is 35.5. The van der Waals surface area contributed by atoms with Crippen molar-refractivity contribution in [3.05, 3.63) is 46.2 Å². The summed E-state index contributed by atoms with van der Waals surface area (Å²) in [6.07, 6.45) is 1.74. The van der Waals surface area contributed by atoms with Crippen LogP contribution in [-0.2, 0) is 13.6 Å². The van der Waals surface area contributed by atoms with Crippen molar-refractivity contribution in [3.63, 3.8) is 0 Å². The molecule has 1 heterocycles. The Hall–Kier alpha value is -2.01. The first kappa shape index (κ1) is 13.4. The van der Waals surface area contributed by atoms with Gasteiger partial charge in [-0.15, -0.1) is 0 Å². The Morgan fingerprint density at radius 1 is 1.53 bits per heavy atom. The summed E-state index contributed by atoms with van der Waals surface area (Å²) in [6, 6.07) is 4.82. The van der Waals surface area contributed by atoms with Gasteiger partial charge in [0.15, 0.2) is 0 Å². The Balaban J connectivity index is 2.05. The molecule has 0 aliphatic heterocycles. The van der Waals surface area contributed by atoms with E-state index in [1.165, 1.54) is 0 Å². The smallest absolute Gasteiger partial charge is 0.251 e. The van der Waals surface area contributed by atoms with Crippen molar-refractivity contribution in [2.45, 2.75) is 13.5 Å². The number of benzene rings is 1. The van der Waals surface area contributed by atoms with Gasteiger partial charge in [-0.2, -0.15) is 5.10 Å². The van der Waals surface area contributed by atoms with Gasteiger partial charge >= 0.3 is 0 Å². The number of anilines is 1. The fourth-order valence-electron chi connectivity index (χ4n) is 1.66. The number of nitrogens with zero attached hydrogens (tertiary/aromatic N) is 2. The van der Waals surface area contributed by atoms with Crippen LogP contribution in [-0.4, -0.2) is 15.7 Å². The van der Waals surface area contributed by atoms with E-state index in [0.29, 0.717) is 22.8 Å². The van der Waals surface area contributed by atoms with Crippen molar-refractivity contribution in [2.24, 2.45) is 7.05 Å². The number of amides is 1. The van der Waals surface area contributed by atoms with Crippen molar-refractivity contribution in [2.75, 3.05) is 5.73 Å². The topological polar surface area (TPSA) is 72.9 Å². The molecular weight excluding hydrogens is 264 g/mol. The van der Waals surface area contributed by atoms with Crippen molar-refractivity contribution in [1.29, 1.82) is 0 Å². The summed E-state index contributed by atoms with van der Waals surface area (Å²) in [5, 5.41) is 7.32. The summed E-state index contributed by atoms with van der Waals surface area (Å²) in [4.78, 5) is 12.0. The largest absolute Gasteiger partial charge is 0.398 e. The van der Waals surface area contributed by atoms with Gasteiger partial charge in [-0.05, 0) is 25.1 Å². The number of hydrogen-bond donors (Lipinski definition) is 2. The van der Waals surface area contributed by atoms with Gasteiger partial charge < -0.3 is 11.1 Å². The summed E-state index contributed by atoms with van der Waals surface area (Å²) in [6.45, 7) is 2.38. The first-order valence-corrected chi connectivity index (χ1v) is 6.17. The van der Waals surface area contributed by atoms with E-state index >= 15 is 0 Å².